The van der Waals surface area contributed by atoms with E-state index in [4.69, 9.17) is 10.5 Å². The molecule has 0 amide bonds. The van der Waals surface area contributed by atoms with Crippen molar-refractivity contribution in [1.29, 1.82) is 0 Å². The molecule has 0 aliphatic carbocycles. The molecule has 0 bridgehead atoms. The molecule has 18 heavy (non-hydrogen) atoms. The number of nitrogens with one attached hydrogen (secondary N) is 1. The van der Waals surface area contributed by atoms with E-state index in [1.807, 2.05) is 6.07 Å². The summed E-state index contributed by atoms with van der Waals surface area (Å²) in [4.78, 5) is 13.5. The van der Waals surface area contributed by atoms with Gasteiger partial charge in [0.2, 0.25) is 0 Å². The van der Waals surface area contributed by atoms with Crippen LogP contribution in [-0.4, -0.2) is 52.2 Å². The first-order chi connectivity index (χ1) is 8.79. The molecule has 0 saturated carbocycles. The van der Waals surface area contributed by atoms with Crippen molar-refractivity contribution in [2.45, 2.75) is 6.04 Å². The van der Waals surface area contributed by atoms with Gasteiger partial charge < -0.3 is 15.4 Å². The van der Waals surface area contributed by atoms with Gasteiger partial charge in [0.05, 0.1) is 19.3 Å². The van der Waals surface area contributed by atoms with Gasteiger partial charge in [-0.15, -0.1) is 5.10 Å². The van der Waals surface area contributed by atoms with Gasteiger partial charge in [-0.3, -0.25) is 0 Å². The number of rotatable bonds is 2. The van der Waals surface area contributed by atoms with E-state index in [-0.39, 0.29) is 11.7 Å². The Labute approximate surface area is 102 Å². The molecule has 0 radical (unpaired) electrons. The maximum Gasteiger partial charge on any atom is 0.364 e. The van der Waals surface area contributed by atoms with Crippen molar-refractivity contribution in [1.82, 2.24) is 19.8 Å². The first-order valence-corrected chi connectivity index (χ1v) is 5.78. The fourth-order valence-corrected chi connectivity index (χ4v) is 2.10. The third-order valence-electron chi connectivity index (χ3n) is 3.05. The average Bonchev–Trinajstić information content (AvgIpc) is 2.80. The second kappa shape index (κ2) is 4.39. The predicted octanol–water partition coefficient (Wildman–Crippen LogP) is -1.42. The zero-order valence-electron chi connectivity index (χ0n) is 9.74. The van der Waals surface area contributed by atoms with Gasteiger partial charge in [-0.05, 0) is 12.1 Å². The molecule has 1 saturated heterocycles. The highest BCUT2D eigenvalue weighted by Gasteiger charge is 2.23. The summed E-state index contributed by atoms with van der Waals surface area (Å²) in [5, 5.41) is 10.5. The fraction of sp³-hybridized carbons (Fsp3) is 0.500. The van der Waals surface area contributed by atoms with Crippen molar-refractivity contribution in [3.8, 4) is 0 Å². The Morgan fingerprint density at radius 3 is 3.28 bits per heavy atom. The van der Waals surface area contributed by atoms with E-state index in [0.29, 0.717) is 37.8 Å². The normalized spacial score (nSPS) is 20.5. The molecule has 1 aliphatic heterocycles. The molecule has 1 atom stereocenters. The minimum atomic E-state index is -0.343. The maximum absolute atomic E-state index is 11.5. The second-order valence-corrected chi connectivity index (χ2v) is 4.15. The van der Waals surface area contributed by atoms with Gasteiger partial charge in [0.15, 0.2) is 5.65 Å². The average molecular weight is 250 g/mol. The largest absolute Gasteiger partial charge is 0.377 e. The third kappa shape index (κ3) is 1.75. The summed E-state index contributed by atoms with van der Waals surface area (Å²) in [6.45, 7) is 2.42. The molecule has 8 heteroatoms. The molecule has 0 aromatic carbocycles. The lowest BCUT2D eigenvalue weighted by atomic mass is 10.2. The summed E-state index contributed by atoms with van der Waals surface area (Å²) in [6.07, 6.45) is 0. The molecular weight excluding hydrogens is 236 g/mol. The third-order valence-corrected chi connectivity index (χ3v) is 3.05. The Balaban J connectivity index is 2.01. The smallest absolute Gasteiger partial charge is 0.364 e. The van der Waals surface area contributed by atoms with Crippen molar-refractivity contribution in [2.75, 3.05) is 31.2 Å². The van der Waals surface area contributed by atoms with Crippen LogP contribution in [0.2, 0.25) is 0 Å². The highest BCUT2D eigenvalue weighted by molar-refractivity contribution is 5.46. The number of anilines is 1. The van der Waals surface area contributed by atoms with Gasteiger partial charge in [-0.1, -0.05) is 0 Å². The van der Waals surface area contributed by atoms with Gasteiger partial charge in [-0.25, -0.2) is 9.89 Å². The van der Waals surface area contributed by atoms with Crippen LogP contribution in [0.25, 0.3) is 5.65 Å². The first-order valence-electron chi connectivity index (χ1n) is 5.78. The Morgan fingerprint density at radius 1 is 1.56 bits per heavy atom. The van der Waals surface area contributed by atoms with Gasteiger partial charge in [0, 0.05) is 13.1 Å². The van der Waals surface area contributed by atoms with Crippen molar-refractivity contribution in [2.24, 2.45) is 5.73 Å². The van der Waals surface area contributed by atoms with E-state index in [9.17, 15) is 4.79 Å². The molecule has 96 valence electrons. The van der Waals surface area contributed by atoms with Crippen LogP contribution in [0.5, 0.6) is 0 Å². The molecular formula is C10H14N6O2. The van der Waals surface area contributed by atoms with Crippen molar-refractivity contribution in [3.05, 3.63) is 22.6 Å². The topological polar surface area (TPSA) is 102 Å². The highest BCUT2D eigenvalue weighted by Crippen LogP contribution is 2.16. The number of H-pyrrole nitrogens is 1. The predicted molar refractivity (Wildman–Crippen MR) is 64.6 cm³/mol. The number of fused-ring (bicyclic) bond motifs is 1. The molecule has 2 aromatic heterocycles. The highest BCUT2D eigenvalue weighted by atomic mass is 16.5. The van der Waals surface area contributed by atoms with E-state index in [1.165, 1.54) is 4.52 Å². The maximum atomic E-state index is 11.5. The number of nitrogens with two attached hydrogens (primary N) is 1. The van der Waals surface area contributed by atoms with E-state index < -0.39 is 0 Å². The molecule has 3 rings (SSSR count). The van der Waals surface area contributed by atoms with E-state index in [2.05, 4.69) is 20.2 Å². The van der Waals surface area contributed by atoms with Crippen LogP contribution in [0.3, 0.4) is 0 Å². The molecule has 8 nitrogen and oxygen atoms in total. The SMILES string of the molecule is NCC1COCCN1c1ccc2n[nH]c(=O)n2n1. The summed E-state index contributed by atoms with van der Waals surface area (Å²) in [5.74, 6) is 0.713. The van der Waals surface area contributed by atoms with Crippen LogP contribution in [-0.2, 0) is 4.74 Å². The summed E-state index contributed by atoms with van der Waals surface area (Å²) >= 11 is 0. The lowest BCUT2D eigenvalue weighted by Crippen LogP contribution is -2.50. The zero-order chi connectivity index (χ0) is 12.5. The Morgan fingerprint density at radius 2 is 2.44 bits per heavy atom. The molecule has 0 spiro atoms. The van der Waals surface area contributed by atoms with Gasteiger partial charge in [0.1, 0.15) is 5.82 Å². The quantitative estimate of drug-likeness (QED) is 0.678. The second-order valence-electron chi connectivity index (χ2n) is 4.15. The Hall–Kier alpha value is -1.93. The standard InChI is InChI=1S/C10H14N6O2/c11-5-7-6-18-4-3-15(7)9-2-1-8-12-13-10(17)16(8)14-9/h1-2,7H,3-6,11H2,(H,13,17). The van der Waals surface area contributed by atoms with Crippen LogP contribution in [0.1, 0.15) is 0 Å². The van der Waals surface area contributed by atoms with Crippen molar-refractivity contribution in [3.63, 3.8) is 0 Å². The van der Waals surface area contributed by atoms with Gasteiger partial charge >= 0.3 is 5.69 Å². The number of nitrogens with zero attached hydrogens (tertiary/aromatic N) is 4. The molecule has 1 fully saturated rings. The summed E-state index contributed by atoms with van der Waals surface area (Å²) in [5.41, 5.74) is 5.88. The number of aromatic amines is 1. The number of hydrogen-bond donors (Lipinski definition) is 2. The van der Waals surface area contributed by atoms with E-state index >= 15 is 0 Å². The minimum absolute atomic E-state index is 0.0892. The van der Waals surface area contributed by atoms with Crippen molar-refractivity contribution >= 4 is 11.5 Å². The summed E-state index contributed by atoms with van der Waals surface area (Å²) in [7, 11) is 0. The van der Waals surface area contributed by atoms with Crippen molar-refractivity contribution < 1.29 is 4.74 Å². The molecule has 1 unspecified atom stereocenters. The summed E-state index contributed by atoms with van der Waals surface area (Å²) < 4.78 is 6.63. The van der Waals surface area contributed by atoms with Crippen LogP contribution in [0.4, 0.5) is 5.82 Å². The lowest BCUT2D eigenvalue weighted by molar-refractivity contribution is 0.0957. The minimum Gasteiger partial charge on any atom is -0.377 e. The van der Waals surface area contributed by atoms with Gasteiger partial charge in [0.25, 0.3) is 0 Å². The fourth-order valence-electron chi connectivity index (χ4n) is 2.10. The lowest BCUT2D eigenvalue weighted by Gasteiger charge is -2.35. The molecule has 2 aromatic rings. The Kier molecular flexibility index (Phi) is 2.73. The van der Waals surface area contributed by atoms with Crippen LogP contribution in [0.15, 0.2) is 16.9 Å². The van der Waals surface area contributed by atoms with E-state index in [1.54, 1.807) is 6.07 Å². The molecule has 3 heterocycles. The Bertz CT molecular complexity index is 606. The van der Waals surface area contributed by atoms with Gasteiger partial charge in [-0.2, -0.15) is 9.61 Å². The number of hydrogen-bond acceptors (Lipinski definition) is 6. The molecule has 1 aliphatic rings. The number of morpholine rings is 1. The van der Waals surface area contributed by atoms with Crippen LogP contribution >= 0.6 is 0 Å². The number of aromatic nitrogens is 4. The van der Waals surface area contributed by atoms with Crippen LogP contribution < -0.4 is 16.3 Å². The van der Waals surface area contributed by atoms with Crippen LogP contribution in [0, 0.1) is 0 Å². The monoisotopic (exact) mass is 250 g/mol. The molecule has 3 N–H and O–H groups in total. The number of ether oxygens (including phenoxy) is 1. The van der Waals surface area contributed by atoms with E-state index in [0.717, 1.165) is 0 Å². The first kappa shape index (κ1) is 11.2. The summed E-state index contributed by atoms with van der Waals surface area (Å²) in [6, 6.07) is 3.68. The zero-order valence-corrected chi connectivity index (χ0v) is 9.74.